The minimum absolute atomic E-state index is 0.0564. The van der Waals surface area contributed by atoms with Gasteiger partial charge in [-0.1, -0.05) is 89.4 Å². The zero-order chi connectivity index (χ0) is 22.7. The van der Waals surface area contributed by atoms with Crippen molar-refractivity contribution < 1.29 is 4.79 Å². The van der Waals surface area contributed by atoms with Crippen molar-refractivity contribution in [2.24, 2.45) is 0 Å². The van der Waals surface area contributed by atoms with Crippen molar-refractivity contribution in [3.05, 3.63) is 117 Å². The van der Waals surface area contributed by atoms with Crippen LogP contribution in [0.2, 0.25) is 15.1 Å². The molecule has 0 bridgehead atoms. The van der Waals surface area contributed by atoms with Gasteiger partial charge in [0.2, 0.25) is 0 Å². The predicted octanol–water partition coefficient (Wildman–Crippen LogP) is 8.46. The summed E-state index contributed by atoms with van der Waals surface area (Å²) in [6, 6.07) is 28.2. The number of ketones is 1. The molecule has 0 radical (unpaired) electrons. The van der Waals surface area contributed by atoms with Gasteiger partial charge in [0, 0.05) is 38.5 Å². The monoisotopic (exact) mass is 477 g/mol. The van der Waals surface area contributed by atoms with Crippen LogP contribution >= 0.6 is 34.8 Å². The van der Waals surface area contributed by atoms with Crippen LogP contribution < -0.4 is 0 Å². The normalized spacial score (nSPS) is 12.8. The Bertz CT molecular complexity index is 1300. The molecule has 0 saturated heterocycles. The van der Waals surface area contributed by atoms with E-state index in [1.54, 1.807) is 30.3 Å². The minimum Gasteiger partial charge on any atom is -0.294 e. The van der Waals surface area contributed by atoms with Crippen LogP contribution in [0.15, 0.2) is 84.9 Å². The third kappa shape index (κ3) is 4.66. The maximum absolute atomic E-state index is 13.4. The van der Waals surface area contributed by atoms with Crippen molar-refractivity contribution >= 4 is 51.4 Å². The predicted molar refractivity (Wildman–Crippen MR) is 132 cm³/mol. The van der Waals surface area contributed by atoms with Crippen LogP contribution in [0.5, 0.6) is 0 Å². The first-order chi connectivity index (χ1) is 15.5. The Morgan fingerprint density at radius 2 is 1.47 bits per heavy atom. The topological polar surface area (TPSA) is 40.9 Å². The van der Waals surface area contributed by atoms with Crippen molar-refractivity contribution in [3.63, 3.8) is 0 Å². The molecule has 4 rings (SSSR count). The van der Waals surface area contributed by atoms with E-state index in [4.69, 9.17) is 34.8 Å². The average Bonchev–Trinajstić information content (AvgIpc) is 2.80. The molecule has 158 valence electrons. The lowest BCUT2D eigenvalue weighted by Gasteiger charge is -2.24. The van der Waals surface area contributed by atoms with Crippen molar-refractivity contribution in [2.45, 2.75) is 18.3 Å². The molecule has 0 fully saturated rings. The molecule has 5 heteroatoms. The van der Waals surface area contributed by atoms with E-state index in [-0.39, 0.29) is 12.2 Å². The Balaban J connectivity index is 1.76. The molecule has 0 N–H and O–H groups in total. The largest absolute Gasteiger partial charge is 0.294 e. The Hall–Kier alpha value is -2.83. The highest BCUT2D eigenvalue weighted by Crippen LogP contribution is 2.42. The van der Waals surface area contributed by atoms with Gasteiger partial charge in [0.25, 0.3) is 0 Å². The Morgan fingerprint density at radius 1 is 0.812 bits per heavy atom. The molecular formula is C27H18Cl3NO. The highest BCUT2D eigenvalue weighted by molar-refractivity contribution is 6.36. The van der Waals surface area contributed by atoms with Gasteiger partial charge in [-0.25, -0.2) is 0 Å². The van der Waals surface area contributed by atoms with E-state index in [9.17, 15) is 10.1 Å². The fourth-order valence-electron chi connectivity index (χ4n) is 3.98. The van der Waals surface area contributed by atoms with Gasteiger partial charge in [-0.3, -0.25) is 4.79 Å². The number of nitrogens with zero attached hydrogens (tertiary/aromatic N) is 1. The van der Waals surface area contributed by atoms with Crippen LogP contribution in [0.25, 0.3) is 10.8 Å². The van der Waals surface area contributed by atoms with E-state index in [0.717, 1.165) is 16.3 Å². The third-order valence-electron chi connectivity index (χ3n) is 5.63. The molecule has 0 aliphatic rings. The number of nitriles is 1. The molecule has 4 aromatic rings. The summed E-state index contributed by atoms with van der Waals surface area (Å²) in [6.45, 7) is 0. The zero-order valence-electron chi connectivity index (χ0n) is 16.9. The first-order valence-electron chi connectivity index (χ1n) is 10.1. The summed E-state index contributed by atoms with van der Waals surface area (Å²) >= 11 is 19.0. The molecule has 0 spiro atoms. The van der Waals surface area contributed by atoms with Crippen LogP contribution in [0, 0.1) is 11.3 Å². The fourth-order valence-corrected chi connectivity index (χ4v) is 4.74. The number of benzene rings is 4. The molecule has 0 saturated carbocycles. The molecule has 32 heavy (non-hydrogen) atoms. The molecule has 0 aliphatic carbocycles. The van der Waals surface area contributed by atoms with Crippen LogP contribution in [0.3, 0.4) is 0 Å². The van der Waals surface area contributed by atoms with Gasteiger partial charge < -0.3 is 0 Å². The molecule has 0 unspecified atom stereocenters. The molecule has 0 aromatic heterocycles. The number of carbonyl (C=O) groups excluding carboxylic acids is 1. The fraction of sp³-hybridized carbons (Fsp3) is 0.111. The summed E-state index contributed by atoms with van der Waals surface area (Å²) in [4.78, 5) is 13.4. The lowest BCUT2D eigenvalue weighted by Crippen LogP contribution is -2.16. The Morgan fingerprint density at radius 3 is 2.12 bits per heavy atom. The molecule has 4 aromatic carbocycles. The number of hydrogen-bond acceptors (Lipinski definition) is 2. The van der Waals surface area contributed by atoms with E-state index in [0.29, 0.717) is 26.2 Å². The SMILES string of the molecule is N#C[C@H](c1c(Cl)cccc1Cl)[C@H](CC(=O)c1ccc2ccccc2c1)c1ccc(Cl)cc1. The summed E-state index contributed by atoms with van der Waals surface area (Å²) in [7, 11) is 0. The Labute approximate surface area is 202 Å². The number of rotatable bonds is 6. The lowest BCUT2D eigenvalue weighted by molar-refractivity contribution is 0.0972. The summed E-state index contributed by atoms with van der Waals surface area (Å²) in [5.41, 5.74) is 1.96. The second-order valence-electron chi connectivity index (χ2n) is 7.59. The Kier molecular flexibility index (Phi) is 6.82. The van der Waals surface area contributed by atoms with Crippen molar-refractivity contribution in [2.75, 3.05) is 0 Å². The van der Waals surface area contributed by atoms with Crippen LogP contribution in [0.1, 0.15) is 39.7 Å². The number of halogens is 3. The maximum atomic E-state index is 13.4. The smallest absolute Gasteiger partial charge is 0.163 e. The average molecular weight is 479 g/mol. The first kappa shape index (κ1) is 22.4. The van der Waals surface area contributed by atoms with E-state index < -0.39 is 11.8 Å². The molecule has 0 aliphatic heterocycles. The van der Waals surface area contributed by atoms with Crippen LogP contribution in [-0.2, 0) is 0 Å². The van der Waals surface area contributed by atoms with Gasteiger partial charge >= 0.3 is 0 Å². The zero-order valence-corrected chi connectivity index (χ0v) is 19.2. The van der Waals surface area contributed by atoms with E-state index in [1.165, 1.54) is 0 Å². The summed E-state index contributed by atoms with van der Waals surface area (Å²) in [5, 5.41) is 13.6. The number of Topliss-reactive ketones (excluding diaryl/α,β-unsaturated/α-hetero) is 1. The van der Waals surface area contributed by atoms with Gasteiger partial charge in [-0.15, -0.1) is 0 Å². The highest BCUT2D eigenvalue weighted by Gasteiger charge is 2.30. The molecule has 2 nitrogen and oxygen atoms in total. The minimum atomic E-state index is -0.707. The summed E-state index contributed by atoms with van der Waals surface area (Å²) < 4.78 is 0. The number of hydrogen-bond donors (Lipinski definition) is 0. The van der Waals surface area contributed by atoms with Crippen molar-refractivity contribution in [3.8, 4) is 6.07 Å². The van der Waals surface area contributed by atoms with Gasteiger partial charge in [0.05, 0.1) is 12.0 Å². The van der Waals surface area contributed by atoms with E-state index in [1.807, 2.05) is 54.6 Å². The molecular weight excluding hydrogens is 461 g/mol. The quantitative estimate of drug-likeness (QED) is 0.261. The first-order valence-corrected chi connectivity index (χ1v) is 11.2. The molecule has 0 heterocycles. The summed E-state index contributed by atoms with van der Waals surface area (Å²) in [5.74, 6) is -1.21. The number of carbonyl (C=O) groups is 1. The highest BCUT2D eigenvalue weighted by atomic mass is 35.5. The number of fused-ring (bicyclic) bond motifs is 1. The molecule has 2 atom stereocenters. The van der Waals surface area contributed by atoms with Crippen LogP contribution in [-0.4, -0.2) is 5.78 Å². The van der Waals surface area contributed by atoms with E-state index >= 15 is 0 Å². The third-order valence-corrected chi connectivity index (χ3v) is 6.54. The molecule has 0 amide bonds. The van der Waals surface area contributed by atoms with Crippen LogP contribution in [0.4, 0.5) is 0 Å². The standard InChI is InChI=1S/C27H18Cl3NO/c28-21-12-10-18(11-13-21)22(23(16-31)27-24(29)6-3-7-25(27)30)15-26(32)20-9-8-17-4-1-2-5-19(17)14-20/h1-14,22-23H,15H2/t22-,23+/m1/s1. The second kappa shape index (κ2) is 9.76. The maximum Gasteiger partial charge on any atom is 0.163 e. The summed E-state index contributed by atoms with van der Waals surface area (Å²) in [6.07, 6.45) is 0.125. The van der Waals surface area contributed by atoms with Gasteiger partial charge in [-0.05, 0) is 46.7 Å². The lowest BCUT2D eigenvalue weighted by atomic mass is 9.78. The van der Waals surface area contributed by atoms with E-state index in [2.05, 4.69) is 6.07 Å². The van der Waals surface area contributed by atoms with Crippen molar-refractivity contribution in [1.82, 2.24) is 0 Å². The second-order valence-corrected chi connectivity index (χ2v) is 8.84. The van der Waals surface area contributed by atoms with Gasteiger partial charge in [0.1, 0.15) is 0 Å². The van der Waals surface area contributed by atoms with Gasteiger partial charge in [-0.2, -0.15) is 5.26 Å². The van der Waals surface area contributed by atoms with Gasteiger partial charge in [0.15, 0.2) is 5.78 Å². The van der Waals surface area contributed by atoms with Crippen molar-refractivity contribution in [1.29, 1.82) is 5.26 Å².